The molecule has 1 aromatic rings. The summed E-state index contributed by atoms with van der Waals surface area (Å²) in [7, 11) is 0. The second-order valence-corrected chi connectivity index (χ2v) is 8.76. The lowest BCUT2D eigenvalue weighted by molar-refractivity contribution is -0.132. The lowest BCUT2D eigenvalue weighted by Crippen LogP contribution is -2.42. The van der Waals surface area contributed by atoms with Crippen LogP contribution in [-0.2, 0) is 16.1 Å². The van der Waals surface area contributed by atoms with Gasteiger partial charge in [-0.1, -0.05) is 30.3 Å². The van der Waals surface area contributed by atoms with Crippen molar-refractivity contribution in [3.05, 3.63) is 35.9 Å². The highest BCUT2D eigenvalue weighted by atomic mass is 32.2. The van der Waals surface area contributed by atoms with Crippen LogP contribution in [0.1, 0.15) is 24.8 Å². The Kier molecular flexibility index (Phi) is 5.63. The highest BCUT2D eigenvalue weighted by Gasteiger charge is 2.34. The predicted molar refractivity (Wildman–Crippen MR) is 102 cm³/mol. The Labute approximate surface area is 154 Å². The Morgan fingerprint density at radius 2 is 1.96 bits per heavy atom. The van der Waals surface area contributed by atoms with Crippen LogP contribution in [0, 0.1) is 5.92 Å². The van der Waals surface area contributed by atoms with Crippen LogP contribution in [0.4, 0.5) is 0 Å². The molecule has 1 aromatic carbocycles. The van der Waals surface area contributed by atoms with Gasteiger partial charge in [0.05, 0.1) is 12.6 Å². The van der Waals surface area contributed by atoms with Crippen molar-refractivity contribution in [1.29, 1.82) is 0 Å². The topological polar surface area (TPSA) is 32.8 Å². The van der Waals surface area contributed by atoms with E-state index in [0.717, 1.165) is 31.4 Å². The molecular weight excluding hydrogens is 332 g/mol. The van der Waals surface area contributed by atoms with Crippen LogP contribution in [0.3, 0.4) is 0 Å². The number of hydrogen-bond donors (Lipinski definition) is 0. The molecule has 2 atom stereocenters. The molecule has 2 heterocycles. The van der Waals surface area contributed by atoms with Gasteiger partial charge < -0.3 is 9.64 Å². The van der Waals surface area contributed by atoms with Crippen molar-refractivity contribution in [2.45, 2.75) is 38.0 Å². The van der Waals surface area contributed by atoms with E-state index in [-0.39, 0.29) is 12.0 Å². The van der Waals surface area contributed by atoms with Crippen LogP contribution >= 0.6 is 11.8 Å². The summed E-state index contributed by atoms with van der Waals surface area (Å²) in [6.07, 6.45) is 3.96. The van der Waals surface area contributed by atoms with Gasteiger partial charge in [-0.05, 0) is 36.5 Å². The summed E-state index contributed by atoms with van der Waals surface area (Å²) in [5, 5.41) is 0. The van der Waals surface area contributed by atoms with Crippen molar-refractivity contribution in [1.82, 2.24) is 9.80 Å². The smallest absolute Gasteiger partial charge is 0.237 e. The SMILES string of the molecule is O=C1CN([C@H]2CCSC2)C[C@H](OCC2CC2)CN1Cc1ccccc1. The third-order valence-corrected chi connectivity index (χ3v) is 6.60. The minimum Gasteiger partial charge on any atom is -0.375 e. The van der Waals surface area contributed by atoms with Gasteiger partial charge in [0.15, 0.2) is 0 Å². The van der Waals surface area contributed by atoms with E-state index in [1.807, 2.05) is 34.9 Å². The Morgan fingerprint density at radius 3 is 2.68 bits per heavy atom. The van der Waals surface area contributed by atoms with Gasteiger partial charge in [0.25, 0.3) is 0 Å². The molecule has 0 spiro atoms. The van der Waals surface area contributed by atoms with Gasteiger partial charge in [-0.3, -0.25) is 9.69 Å². The number of benzene rings is 1. The zero-order valence-corrected chi connectivity index (χ0v) is 15.6. The molecule has 0 aromatic heterocycles. The lowest BCUT2D eigenvalue weighted by atomic mass is 10.2. The fourth-order valence-electron chi connectivity index (χ4n) is 3.71. The van der Waals surface area contributed by atoms with E-state index >= 15 is 0 Å². The van der Waals surface area contributed by atoms with E-state index in [0.29, 0.717) is 19.1 Å². The highest BCUT2D eigenvalue weighted by molar-refractivity contribution is 7.99. The number of carbonyl (C=O) groups excluding carboxylic acids is 1. The van der Waals surface area contributed by atoms with E-state index < -0.39 is 0 Å². The van der Waals surface area contributed by atoms with Crippen LogP contribution in [-0.4, -0.2) is 65.6 Å². The number of rotatable bonds is 6. The molecule has 4 rings (SSSR count). The maximum absolute atomic E-state index is 12.9. The van der Waals surface area contributed by atoms with Gasteiger partial charge in [-0.15, -0.1) is 0 Å². The standard InChI is InChI=1S/C20H28N2O2S/c23-20-13-21(18-8-9-25-15-18)11-19(24-14-17-6-7-17)12-22(20)10-16-4-2-1-3-5-16/h1-5,17-19H,6-15H2/t18-,19-/m0/s1. The lowest BCUT2D eigenvalue weighted by Gasteiger charge is -2.28. The predicted octanol–water partition coefficient (Wildman–Crippen LogP) is 2.63. The average Bonchev–Trinajstić information content (AvgIpc) is 3.33. The Morgan fingerprint density at radius 1 is 1.12 bits per heavy atom. The fourth-order valence-corrected chi connectivity index (χ4v) is 4.97. The monoisotopic (exact) mass is 360 g/mol. The third kappa shape index (κ3) is 4.78. The van der Waals surface area contributed by atoms with Crippen molar-refractivity contribution in [2.24, 2.45) is 5.92 Å². The highest BCUT2D eigenvalue weighted by Crippen LogP contribution is 2.30. The third-order valence-electron chi connectivity index (χ3n) is 5.46. The maximum atomic E-state index is 12.9. The molecule has 4 nitrogen and oxygen atoms in total. The number of amides is 1. The molecule has 0 radical (unpaired) electrons. The number of hydrogen-bond acceptors (Lipinski definition) is 4. The molecular formula is C20H28N2O2S. The van der Waals surface area contributed by atoms with Crippen molar-refractivity contribution < 1.29 is 9.53 Å². The number of thioether (sulfide) groups is 1. The molecule has 0 N–H and O–H groups in total. The molecule has 1 aliphatic carbocycles. The molecule has 0 unspecified atom stereocenters. The maximum Gasteiger partial charge on any atom is 0.237 e. The number of carbonyl (C=O) groups is 1. The van der Waals surface area contributed by atoms with Crippen LogP contribution in [0.15, 0.2) is 30.3 Å². The summed E-state index contributed by atoms with van der Waals surface area (Å²) < 4.78 is 6.25. The minimum absolute atomic E-state index is 0.140. The zero-order valence-electron chi connectivity index (χ0n) is 14.8. The van der Waals surface area contributed by atoms with Crippen molar-refractivity contribution in [3.63, 3.8) is 0 Å². The summed E-state index contributed by atoms with van der Waals surface area (Å²) in [6.45, 7) is 3.72. The quantitative estimate of drug-likeness (QED) is 0.781. The normalized spacial score (nSPS) is 28.3. The molecule has 25 heavy (non-hydrogen) atoms. The van der Waals surface area contributed by atoms with Gasteiger partial charge >= 0.3 is 0 Å². The number of nitrogens with zero attached hydrogens (tertiary/aromatic N) is 2. The molecule has 2 saturated heterocycles. The van der Waals surface area contributed by atoms with Crippen molar-refractivity contribution in [3.8, 4) is 0 Å². The molecule has 3 fully saturated rings. The molecule has 136 valence electrons. The summed E-state index contributed by atoms with van der Waals surface area (Å²) >= 11 is 2.01. The Balaban J connectivity index is 1.45. The second kappa shape index (κ2) is 8.11. The first-order chi connectivity index (χ1) is 12.3. The first kappa shape index (κ1) is 17.4. The molecule has 0 bridgehead atoms. The van der Waals surface area contributed by atoms with Gasteiger partial charge in [-0.25, -0.2) is 0 Å². The first-order valence-electron chi connectivity index (χ1n) is 9.53. The van der Waals surface area contributed by atoms with Crippen molar-refractivity contribution >= 4 is 17.7 Å². The van der Waals surface area contributed by atoms with E-state index in [2.05, 4.69) is 17.0 Å². The zero-order chi connectivity index (χ0) is 17.1. The molecule has 1 amide bonds. The summed E-state index contributed by atoms with van der Waals surface area (Å²) in [6, 6.07) is 10.8. The Bertz CT molecular complexity index is 572. The van der Waals surface area contributed by atoms with E-state index in [1.165, 1.54) is 30.6 Å². The average molecular weight is 361 g/mol. The van der Waals surface area contributed by atoms with Crippen molar-refractivity contribution in [2.75, 3.05) is 37.7 Å². The van der Waals surface area contributed by atoms with Crippen LogP contribution in [0.25, 0.3) is 0 Å². The van der Waals surface area contributed by atoms with Crippen LogP contribution < -0.4 is 0 Å². The van der Waals surface area contributed by atoms with Gasteiger partial charge in [-0.2, -0.15) is 11.8 Å². The van der Waals surface area contributed by atoms with Crippen LogP contribution in [0.2, 0.25) is 0 Å². The largest absolute Gasteiger partial charge is 0.375 e. The summed E-state index contributed by atoms with van der Waals surface area (Å²) in [5.74, 6) is 3.38. The van der Waals surface area contributed by atoms with E-state index in [4.69, 9.17) is 4.74 Å². The molecule has 1 saturated carbocycles. The van der Waals surface area contributed by atoms with Crippen LogP contribution in [0.5, 0.6) is 0 Å². The summed E-state index contributed by atoms with van der Waals surface area (Å²) in [4.78, 5) is 17.3. The second-order valence-electron chi connectivity index (χ2n) is 7.61. The Hall–Kier alpha value is -1.04. The van der Waals surface area contributed by atoms with Gasteiger partial charge in [0.1, 0.15) is 0 Å². The van der Waals surface area contributed by atoms with E-state index in [1.54, 1.807) is 0 Å². The molecule has 3 aliphatic rings. The summed E-state index contributed by atoms with van der Waals surface area (Å²) in [5.41, 5.74) is 1.20. The number of ether oxygens (including phenoxy) is 1. The molecule has 5 heteroatoms. The fraction of sp³-hybridized carbons (Fsp3) is 0.650. The van der Waals surface area contributed by atoms with Gasteiger partial charge in [0.2, 0.25) is 5.91 Å². The molecule has 2 aliphatic heterocycles. The minimum atomic E-state index is 0.140. The van der Waals surface area contributed by atoms with E-state index in [9.17, 15) is 4.79 Å². The van der Waals surface area contributed by atoms with Gasteiger partial charge in [0, 0.05) is 38.0 Å². The first-order valence-corrected chi connectivity index (χ1v) is 10.7.